The molecule has 178 valence electrons. The highest BCUT2D eigenvalue weighted by Crippen LogP contribution is 2.12. The number of aryl methyl sites for hydroxylation is 2. The summed E-state index contributed by atoms with van der Waals surface area (Å²) in [4.78, 5) is 0.599. The molecule has 2 rings (SSSR count). The van der Waals surface area contributed by atoms with Gasteiger partial charge in [0, 0.05) is 24.6 Å². The summed E-state index contributed by atoms with van der Waals surface area (Å²) in [5.41, 5.74) is 2.06. The van der Waals surface area contributed by atoms with Crippen LogP contribution < -0.4 is 9.44 Å². The predicted octanol–water partition coefficient (Wildman–Crippen LogP) is 3.81. The third-order valence-electron chi connectivity index (χ3n) is 4.55. The largest absolute Gasteiger partial charge is 0.240 e. The van der Waals surface area contributed by atoms with Gasteiger partial charge in [-0.25, -0.2) is 26.3 Å². The minimum atomic E-state index is -3.43. The summed E-state index contributed by atoms with van der Waals surface area (Å²) >= 11 is 3.60. The van der Waals surface area contributed by atoms with E-state index >= 15 is 0 Å². The van der Waals surface area contributed by atoms with Crippen molar-refractivity contribution in [2.45, 2.75) is 36.5 Å². The summed E-state index contributed by atoms with van der Waals surface area (Å²) in [6, 6.07) is 13.7. The Hall–Kier alpha value is -1.04. The third-order valence-corrected chi connectivity index (χ3v) is 9.90. The van der Waals surface area contributed by atoms with Gasteiger partial charge in [-0.2, -0.15) is 23.5 Å². The summed E-state index contributed by atoms with van der Waals surface area (Å²) in [6.07, 6.45) is 1.56. The van der Waals surface area contributed by atoms with Crippen molar-refractivity contribution in [3.63, 3.8) is 0 Å². The van der Waals surface area contributed by atoms with Crippen molar-refractivity contribution in [3.8, 4) is 0 Å². The number of thioether (sulfide) groups is 2. The van der Waals surface area contributed by atoms with Crippen LogP contribution in [0.4, 0.5) is 0 Å². The monoisotopic (exact) mass is 516 g/mol. The highest BCUT2D eigenvalue weighted by molar-refractivity contribution is 8.02. The molecule has 0 saturated carbocycles. The van der Waals surface area contributed by atoms with Gasteiger partial charge in [-0.15, -0.1) is 0 Å². The van der Waals surface area contributed by atoms with E-state index in [1.54, 1.807) is 72.1 Å². The highest BCUT2D eigenvalue weighted by Gasteiger charge is 2.13. The Balaban J connectivity index is 1.47. The van der Waals surface area contributed by atoms with Crippen molar-refractivity contribution in [1.82, 2.24) is 9.44 Å². The van der Waals surface area contributed by atoms with Crippen molar-refractivity contribution >= 4 is 43.6 Å². The van der Waals surface area contributed by atoms with Crippen LogP contribution in [0.3, 0.4) is 0 Å². The summed E-state index contributed by atoms with van der Waals surface area (Å²) < 4.78 is 54.1. The molecule has 0 aliphatic heterocycles. The van der Waals surface area contributed by atoms with Gasteiger partial charge in [0.2, 0.25) is 20.0 Å². The Kier molecular flexibility index (Phi) is 11.6. The number of nitrogens with one attached hydrogen (secondary N) is 2. The first-order valence-electron chi connectivity index (χ1n) is 10.5. The van der Waals surface area contributed by atoms with E-state index in [2.05, 4.69) is 9.44 Å². The first kappa shape index (κ1) is 27.2. The van der Waals surface area contributed by atoms with E-state index in [1.807, 2.05) is 13.8 Å². The quantitative estimate of drug-likeness (QED) is 0.350. The van der Waals surface area contributed by atoms with Crippen LogP contribution in [0.5, 0.6) is 0 Å². The molecular weight excluding hydrogens is 485 g/mol. The average Bonchev–Trinajstić information content (AvgIpc) is 2.75. The molecule has 2 aromatic rings. The SMILES string of the molecule is Cc1ccc(S(=O)(=O)NCCCSCCSCCCNS(=O)(=O)c2ccc(C)cc2)cc1. The predicted molar refractivity (Wildman–Crippen MR) is 137 cm³/mol. The molecule has 0 bridgehead atoms. The van der Waals surface area contributed by atoms with Gasteiger partial charge in [-0.05, 0) is 62.5 Å². The van der Waals surface area contributed by atoms with Crippen molar-refractivity contribution < 1.29 is 16.8 Å². The van der Waals surface area contributed by atoms with E-state index in [0.717, 1.165) is 47.0 Å². The second kappa shape index (κ2) is 13.6. The van der Waals surface area contributed by atoms with E-state index in [-0.39, 0.29) is 0 Å². The summed E-state index contributed by atoms with van der Waals surface area (Å²) in [6.45, 7) is 4.70. The fraction of sp³-hybridized carbons (Fsp3) is 0.455. The van der Waals surface area contributed by atoms with Gasteiger partial charge in [0.25, 0.3) is 0 Å². The molecule has 6 nitrogen and oxygen atoms in total. The van der Waals surface area contributed by atoms with E-state index in [9.17, 15) is 16.8 Å². The van der Waals surface area contributed by atoms with Crippen LogP contribution in [0.1, 0.15) is 24.0 Å². The lowest BCUT2D eigenvalue weighted by Crippen LogP contribution is -2.25. The molecule has 2 aromatic carbocycles. The van der Waals surface area contributed by atoms with Crippen molar-refractivity contribution in [2.75, 3.05) is 36.1 Å². The summed E-state index contributed by atoms with van der Waals surface area (Å²) in [7, 11) is -6.86. The van der Waals surface area contributed by atoms with Crippen LogP contribution in [-0.4, -0.2) is 52.9 Å². The number of hydrogen-bond acceptors (Lipinski definition) is 6. The van der Waals surface area contributed by atoms with Crippen LogP contribution in [0, 0.1) is 13.8 Å². The molecular formula is C22H32N2O4S4. The molecule has 0 saturated heterocycles. The average molecular weight is 517 g/mol. The van der Waals surface area contributed by atoms with Gasteiger partial charge >= 0.3 is 0 Å². The number of sulfonamides is 2. The second-order valence-corrected chi connectivity index (χ2v) is 13.3. The van der Waals surface area contributed by atoms with E-state index in [1.165, 1.54) is 0 Å². The van der Waals surface area contributed by atoms with Crippen molar-refractivity contribution in [2.24, 2.45) is 0 Å². The van der Waals surface area contributed by atoms with Crippen molar-refractivity contribution in [3.05, 3.63) is 59.7 Å². The highest BCUT2D eigenvalue weighted by atomic mass is 32.2. The molecule has 0 aliphatic carbocycles. The number of benzene rings is 2. The zero-order valence-corrected chi connectivity index (χ0v) is 21.8. The van der Waals surface area contributed by atoms with Crippen LogP contribution in [0.2, 0.25) is 0 Å². The molecule has 2 N–H and O–H groups in total. The lowest BCUT2D eigenvalue weighted by atomic mass is 10.2. The van der Waals surface area contributed by atoms with E-state index < -0.39 is 20.0 Å². The van der Waals surface area contributed by atoms with Crippen molar-refractivity contribution in [1.29, 1.82) is 0 Å². The Morgan fingerprint density at radius 2 is 0.938 bits per heavy atom. The lowest BCUT2D eigenvalue weighted by molar-refractivity contribution is 0.579. The molecule has 32 heavy (non-hydrogen) atoms. The van der Waals surface area contributed by atoms with E-state index in [4.69, 9.17) is 0 Å². The fourth-order valence-electron chi connectivity index (χ4n) is 2.69. The van der Waals surface area contributed by atoms with Gasteiger partial charge in [0.1, 0.15) is 0 Å². The molecule has 0 spiro atoms. The molecule has 0 atom stereocenters. The fourth-order valence-corrected chi connectivity index (χ4v) is 6.88. The van der Waals surface area contributed by atoms with Gasteiger partial charge < -0.3 is 0 Å². The maximum Gasteiger partial charge on any atom is 0.240 e. The van der Waals surface area contributed by atoms with Gasteiger partial charge in [0.05, 0.1) is 9.79 Å². The van der Waals surface area contributed by atoms with Crippen LogP contribution >= 0.6 is 23.5 Å². The molecule has 0 unspecified atom stereocenters. The summed E-state index contributed by atoms with van der Waals surface area (Å²) in [5.74, 6) is 3.77. The third kappa shape index (κ3) is 9.84. The number of rotatable bonds is 15. The van der Waals surface area contributed by atoms with Crippen LogP contribution in [-0.2, 0) is 20.0 Å². The maximum atomic E-state index is 12.2. The second-order valence-electron chi connectivity index (χ2n) is 7.35. The molecule has 10 heteroatoms. The zero-order valence-electron chi connectivity index (χ0n) is 18.5. The minimum Gasteiger partial charge on any atom is -0.211 e. The zero-order chi connectivity index (χ0) is 23.5. The molecule has 0 heterocycles. The molecule has 0 radical (unpaired) electrons. The summed E-state index contributed by atoms with van der Waals surface area (Å²) in [5, 5.41) is 0. The Morgan fingerprint density at radius 3 is 1.28 bits per heavy atom. The molecule has 0 aliphatic rings. The smallest absolute Gasteiger partial charge is 0.211 e. The Bertz CT molecular complexity index is 937. The normalized spacial score (nSPS) is 12.2. The van der Waals surface area contributed by atoms with Gasteiger partial charge in [-0.1, -0.05) is 35.4 Å². The minimum absolute atomic E-state index is 0.299. The lowest BCUT2D eigenvalue weighted by Gasteiger charge is -2.08. The standard InChI is InChI=1S/C22H32N2O4S4/c1-19-5-9-21(10-6-19)31(25,26)23-13-3-15-29-17-18-30-16-4-14-24-32(27,28)22-11-7-20(2)8-12-22/h5-12,23-24H,3-4,13-18H2,1-2H3. The molecule has 0 aromatic heterocycles. The Morgan fingerprint density at radius 1 is 0.594 bits per heavy atom. The van der Waals surface area contributed by atoms with Crippen LogP contribution in [0.25, 0.3) is 0 Å². The Labute approximate surface area is 201 Å². The topological polar surface area (TPSA) is 92.3 Å². The van der Waals surface area contributed by atoms with Gasteiger partial charge in [0.15, 0.2) is 0 Å². The number of hydrogen-bond donors (Lipinski definition) is 2. The van der Waals surface area contributed by atoms with Crippen LogP contribution in [0.15, 0.2) is 58.3 Å². The van der Waals surface area contributed by atoms with Gasteiger partial charge in [-0.3, -0.25) is 0 Å². The molecule has 0 amide bonds. The molecule has 0 fully saturated rings. The van der Waals surface area contributed by atoms with E-state index in [0.29, 0.717) is 22.9 Å². The first-order valence-corrected chi connectivity index (χ1v) is 15.8. The first-order chi connectivity index (χ1) is 15.2. The maximum absolute atomic E-state index is 12.2.